The molecule has 1 atom stereocenters. The first-order valence-electron chi connectivity index (χ1n) is 7.95. The highest BCUT2D eigenvalue weighted by Gasteiger charge is 2.42. The number of piperazine rings is 1. The Morgan fingerprint density at radius 3 is 2.71 bits per heavy atom. The molecule has 2 aliphatic rings. The van der Waals surface area contributed by atoms with Crippen LogP contribution in [0.3, 0.4) is 0 Å². The number of nitrogens with zero attached hydrogens (tertiary/aromatic N) is 3. The van der Waals surface area contributed by atoms with Crippen LogP contribution < -0.4 is 10.2 Å². The first kappa shape index (κ1) is 14.3. The Kier molecular flexibility index (Phi) is 4.10. The van der Waals surface area contributed by atoms with E-state index in [1.165, 1.54) is 0 Å². The summed E-state index contributed by atoms with van der Waals surface area (Å²) in [7, 11) is 0. The van der Waals surface area contributed by atoms with Gasteiger partial charge in [0, 0.05) is 32.4 Å². The van der Waals surface area contributed by atoms with Crippen molar-refractivity contribution >= 4 is 11.7 Å². The van der Waals surface area contributed by atoms with E-state index in [9.17, 15) is 4.79 Å². The van der Waals surface area contributed by atoms with Gasteiger partial charge in [-0.15, -0.1) is 0 Å². The van der Waals surface area contributed by atoms with Crippen LogP contribution in [0.5, 0.6) is 0 Å². The normalized spacial score (nSPS) is 26.1. The molecular formula is C16H24N4O. The Balaban J connectivity index is 1.62. The van der Waals surface area contributed by atoms with E-state index in [4.69, 9.17) is 0 Å². The van der Waals surface area contributed by atoms with Crippen molar-refractivity contribution in [3.8, 4) is 0 Å². The molecule has 3 heterocycles. The molecule has 1 N–H and O–H groups in total. The maximum atomic E-state index is 12.8. The van der Waals surface area contributed by atoms with Gasteiger partial charge < -0.3 is 15.1 Å². The fourth-order valence-electron chi connectivity index (χ4n) is 3.42. The molecule has 0 aromatic carbocycles. The number of anilines is 1. The second kappa shape index (κ2) is 6.02. The number of hydrogen-bond donors (Lipinski definition) is 1. The van der Waals surface area contributed by atoms with Crippen LogP contribution in [-0.4, -0.2) is 54.1 Å². The average molecular weight is 288 g/mol. The Bertz CT molecular complexity index is 476. The maximum absolute atomic E-state index is 12.8. The Labute approximate surface area is 126 Å². The van der Waals surface area contributed by atoms with Gasteiger partial charge in [0.05, 0.1) is 5.54 Å². The summed E-state index contributed by atoms with van der Waals surface area (Å²) < 4.78 is 0. The van der Waals surface area contributed by atoms with Gasteiger partial charge in [-0.1, -0.05) is 13.0 Å². The summed E-state index contributed by atoms with van der Waals surface area (Å²) >= 11 is 0. The van der Waals surface area contributed by atoms with E-state index in [1.807, 2.05) is 29.3 Å². The molecule has 0 aliphatic carbocycles. The number of pyridine rings is 1. The van der Waals surface area contributed by atoms with E-state index < -0.39 is 0 Å². The van der Waals surface area contributed by atoms with Crippen molar-refractivity contribution in [3.63, 3.8) is 0 Å². The molecule has 0 spiro atoms. The lowest BCUT2D eigenvalue weighted by molar-refractivity contribution is -0.138. The van der Waals surface area contributed by atoms with Crippen molar-refractivity contribution in [2.75, 3.05) is 37.6 Å². The molecule has 0 bridgehead atoms. The smallest absolute Gasteiger partial charge is 0.242 e. The van der Waals surface area contributed by atoms with Gasteiger partial charge in [-0.05, 0) is 37.9 Å². The minimum atomic E-state index is -0.298. The van der Waals surface area contributed by atoms with Crippen LogP contribution in [-0.2, 0) is 4.79 Å². The van der Waals surface area contributed by atoms with Crippen LogP contribution in [0.2, 0.25) is 0 Å². The molecule has 2 fully saturated rings. The van der Waals surface area contributed by atoms with Gasteiger partial charge in [0.2, 0.25) is 5.91 Å². The number of carbonyl (C=O) groups is 1. The topological polar surface area (TPSA) is 48.5 Å². The monoisotopic (exact) mass is 288 g/mol. The summed E-state index contributed by atoms with van der Waals surface area (Å²) in [5, 5.41) is 3.44. The second-order valence-corrected chi connectivity index (χ2v) is 5.93. The van der Waals surface area contributed by atoms with Crippen molar-refractivity contribution in [2.24, 2.45) is 0 Å². The molecular weight excluding hydrogens is 264 g/mol. The molecule has 21 heavy (non-hydrogen) atoms. The molecule has 1 aromatic heterocycles. The Hall–Kier alpha value is -1.62. The van der Waals surface area contributed by atoms with Crippen LogP contribution in [0.1, 0.15) is 26.2 Å². The molecule has 0 radical (unpaired) electrons. The minimum Gasteiger partial charge on any atom is -0.353 e. The zero-order valence-corrected chi connectivity index (χ0v) is 12.7. The minimum absolute atomic E-state index is 0.295. The zero-order chi connectivity index (χ0) is 14.7. The van der Waals surface area contributed by atoms with Gasteiger partial charge in [0.25, 0.3) is 0 Å². The fraction of sp³-hybridized carbons (Fsp3) is 0.625. The molecule has 1 amide bonds. The highest BCUT2D eigenvalue weighted by Crippen LogP contribution is 2.26. The van der Waals surface area contributed by atoms with Gasteiger partial charge in [-0.3, -0.25) is 4.79 Å². The first-order valence-corrected chi connectivity index (χ1v) is 7.95. The summed E-state index contributed by atoms with van der Waals surface area (Å²) in [6.45, 7) is 6.39. The first-order chi connectivity index (χ1) is 10.2. The molecule has 1 aromatic rings. The van der Waals surface area contributed by atoms with E-state index in [2.05, 4.69) is 22.1 Å². The van der Waals surface area contributed by atoms with Gasteiger partial charge in [-0.25, -0.2) is 4.98 Å². The fourth-order valence-corrected chi connectivity index (χ4v) is 3.42. The third-order valence-electron chi connectivity index (χ3n) is 4.80. The van der Waals surface area contributed by atoms with Crippen molar-refractivity contribution in [3.05, 3.63) is 24.4 Å². The molecule has 1 unspecified atom stereocenters. The molecule has 5 nitrogen and oxygen atoms in total. The van der Waals surface area contributed by atoms with Crippen molar-refractivity contribution in [1.29, 1.82) is 0 Å². The number of amides is 1. The third kappa shape index (κ3) is 2.75. The molecule has 0 saturated carbocycles. The molecule has 2 saturated heterocycles. The summed E-state index contributed by atoms with van der Waals surface area (Å²) in [5.41, 5.74) is -0.298. The average Bonchev–Trinajstić information content (AvgIpc) is 3.05. The zero-order valence-electron chi connectivity index (χ0n) is 12.7. The summed E-state index contributed by atoms with van der Waals surface area (Å²) in [5.74, 6) is 1.30. The predicted molar refractivity (Wildman–Crippen MR) is 83.3 cm³/mol. The van der Waals surface area contributed by atoms with Crippen molar-refractivity contribution < 1.29 is 4.79 Å². The lowest BCUT2D eigenvalue weighted by atomic mass is 9.92. The van der Waals surface area contributed by atoms with Gasteiger partial charge in [0.15, 0.2) is 0 Å². The number of rotatable bonds is 3. The van der Waals surface area contributed by atoms with Gasteiger partial charge in [0.1, 0.15) is 5.82 Å². The van der Waals surface area contributed by atoms with Gasteiger partial charge >= 0.3 is 0 Å². The molecule has 5 heteroatoms. The second-order valence-electron chi connectivity index (χ2n) is 5.93. The lowest BCUT2D eigenvalue weighted by Crippen LogP contribution is -2.59. The van der Waals surface area contributed by atoms with Crippen LogP contribution in [0.4, 0.5) is 5.82 Å². The van der Waals surface area contributed by atoms with Crippen molar-refractivity contribution in [2.45, 2.75) is 31.7 Å². The van der Waals surface area contributed by atoms with E-state index in [0.29, 0.717) is 5.91 Å². The van der Waals surface area contributed by atoms with Crippen LogP contribution in [0, 0.1) is 0 Å². The van der Waals surface area contributed by atoms with Crippen LogP contribution >= 0.6 is 0 Å². The Morgan fingerprint density at radius 2 is 2.14 bits per heavy atom. The molecule has 2 aliphatic heterocycles. The predicted octanol–water partition coefficient (Wildman–Crippen LogP) is 1.26. The third-order valence-corrected chi connectivity index (χ3v) is 4.80. The number of carbonyl (C=O) groups excluding carboxylic acids is 1. The number of hydrogen-bond acceptors (Lipinski definition) is 4. The standard InChI is InChI=1S/C16H24N4O/c1-2-16(7-5-9-18-16)15(21)20-12-10-19(11-13-20)14-6-3-4-8-17-14/h3-4,6,8,18H,2,5,7,9-13H2,1H3. The van der Waals surface area contributed by atoms with E-state index in [1.54, 1.807) is 0 Å². The highest BCUT2D eigenvalue weighted by molar-refractivity contribution is 5.87. The molecule has 114 valence electrons. The van der Waals surface area contributed by atoms with Gasteiger partial charge in [-0.2, -0.15) is 0 Å². The Morgan fingerprint density at radius 1 is 1.33 bits per heavy atom. The SMILES string of the molecule is CCC1(C(=O)N2CCN(c3ccccn3)CC2)CCCN1. The molecule has 3 rings (SSSR count). The largest absolute Gasteiger partial charge is 0.353 e. The van der Waals surface area contributed by atoms with E-state index >= 15 is 0 Å². The number of nitrogens with one attached hydrogen (secondary N) is 1. The van der Waals surface area contributed by atoms with E-state index in [-0.39, 0.29) is 5.54 Å². The summed E-state index contributed by atoms with van der Waals surface area (Å²) in [6, 6.07) is 5.97. The summed E-state index contributed by atoms with van der Waals surface area (Å²) in [4.78, 5) is 21.5. The van der Waals surface area contributed by atoms with E-state index in [0.717, 1.165) is 57.8 Å². The van der Waals surface area contributed by atoms with Crippen molar-refractivity contribution in [1.82, 2.24) is 15.2 Å². The lowest BCUT2D eigenvalue weighted by Gasteiger charge is -2.40. The van der Waals surface area contributed by atoms with Crippen LogP contribution in [0.25, 0.3) is 0 Å². The maximum Gasteiger partial charge on any atom is 0.242 e. The van der Waals surface area contributed by atoms with Crippen LogP contribution in [0.15, 0.2) is 24.4 Å². The summed E-state index contributed by atoms with van der Waals surface area (Å²) in [6.07, 6.45) is 4.78. The highest BCUT2D eigenvalue weighted by atomic mass is 16.2. The number of aromatic nitrogens is 1. The quantitative estimate of drug-likeness (QED) is 0.910.